The molecule has 1 aliphatic heterocycles. The van der Waals surface area contributed by atoms with E-state index < -0.39 is 17.1 Å². The predicted molar refractivity (Wildman–Crippen MR) is 72.6 cm³/mol. The van der Waals surface area contributed by atoms with Crippen LogP contribution in [0.3, 0.4) is 0 Å². The Balaban J connectivity index is 2.37. The first-order valence-corrected chi connectivity index (χ1v) is 7.54. The third-order valence-corrected chi connectivity index (χ3v) is 5.14. The molecule has 1 aromatic rings. The molecule has 0 unspecified atom stereocenters. The predicted octanol–water partition coefficient (Wildman–Crippen LogP) is -1.73. The maximum absolute atomic E-state index is 12.4. The van der Waals surface area contributed by atoms with Crippen molar-refractivity contribution in [2.75, 3.05) is 26.2 Å². The summed E-state index contributed by atoms with van der Waals surface area (Å²) in [6.45, 7) is 3.80. The molecule has 3 N–H and O–H groups in total. The Labute approximate surface area is 113 Å². The number of benzene rings is 1. The lowest BCUT2D eigenvalue weighted by atomic mass is 9.77. The summed E-state index contributed by atoms with van der Waals surface area (Å²) in [5, 5.41) is 21.6. The number of aryl methyl sites for hydroxylation is 1. The zero-order valence-electron chi connectivity index (χ0n) is 10.7. The van der Waals surface area contributed by atoms with Crippen molar-refractivity contribution in [2.45, 2.75) is 11.8 Å². The van der Waals surface area contributed by atoms with Gasteiger partial charge in [-0.3, -0.25) is 0 Å². The Morgan fingerprint density at radius 3 is 2.47 bits per heavy atom. The lowest BCUT2D eigenvalue weighted by molar-refractivity contribution is 0.360. The van der Waals surface area contributed by atoms with Crippen molar-refractivity contribution >= 4 is 22.6 Å². The van der Waals surface area contributed by atoms with Gasteiger partial charge in [0.1, 0.15) is 0 Å². The summed E-state index contributed by atoms with van der Waals surface area (Å²) >= 11 is 0. The van der Waals surface area contributed by atoms with Crippen molar-refractivity contribution in [3.05, 3.63) is 23.8 Å². The third-order valence-electron chi connectivity index (χ3n) is 3.24. The van der Waals surface area contributed by atoms with Crippen molar-refractivity contribution in [1.82, 2.24) is 9.62 Å². The van der Waals surface area contributed by atoms with Crippen LogP contribution in [0.4, 0.5) is 0 Å². The first-order valence-electron chi connectivity index (χ1n) is 6.10. The molecule has 2 rings (SSSR count). The molecule has 6 nitrogen and oxygen atoms in total. The minimum absolute atomic E-state index is 0.100. The number of sulfonamides is 1. The zero-order valence-corrected chi connectivity index (χ0v) is 11.5. The number of hydrogen-bond acceptors (Lipinski definition) is 5. The maximum atomic E-state index is 12.4. The molecule has 1 saturated heterocycles. The highest BCUT2D eigenvalue weighted by Crippen LogP contribution is 2.16. The molecule has 1 fully saturated rings. The Bertz CT molecular complexity index is 556. The van der Waals surface area contributed by atoms with E-state index in [-0.39, 0.29) is 10.4 Å². The molecule has 0 atom stereocenters. The van der Waals surface area contributed by atoms with Crippen LogP contribution in [0.15, 0.2) is 23.1 Å². The zero-order chi connectivity index (χ0) is 14.0. The van der Waals surface area contributed by atoms with E-state index in [4.69, 9.17) is 0 Å². The highest BCUT2D eigenvalue weighted by atomic mass is 32.2. The number of rotatable bonds is 3. The monoisotopic (exact) mass is 284 g/mol. The van der Waals surface area contributed by atoms with Crippen LogP contribution in [0, 0.1) is 6.92 Å². The van der Waals surface area contributed by atoms with Gasteiger partial charge in [-0.2, -0.15) is 4.31 Å². The van der Waals surface area contributed by atoms with E-state index in [9.17, 15) is 18.5 Å². The quantitative estimate of drug-likeness (QED) is 0.574. The van der Waals surface area contributed by atoms with Gasteiger partial charge in [0, 0.05) is 26.2 Å². The number of piperazine rings is 1. The second-order valence-corrected chi connectivity index (χ2v) is 6.48. The molecule has 0 saturated carbocycles. The van der Waals surface area contributed by atoms with Crippen LogP contribution >= 0.6 is 0 Å². The van der Waals surface area contributed by atoms with E-state index in [1.165, 1.54) is 16.4 Å². The van der Waals surface area contributed by atoms with Gasteiger partial charge in [-0.1, -0.05) is 11.6 Å². The molecule has 0 radical (unpaired) electrons. The summed E-state index contributed by atoms with van der Waals surface area (Å²) in [5.74, 6) is 0. The molecule has 0 bridgehead atoms. The van der Waals surface area contributed by atoms with Gasteiger partial charge in [0.25, 0.3) is 0 Å². The Morgan fingerprint density at radius 2 is 1.89 bits per heavy atom. The van der Waals surface area contributed by atoms with E-state index in [2.05, 4.69) is 5.32 Å². The second kappa shape index (κ2) is 5.60. The standard InChI is InChI=1S/C11H17BN2O4S/c1-9-2-3-10(8-11(9)12(15)16)19(17,18)14-6-4-13-5-7-14/h2-3,8,13,15-16H,4-7H2,1H3. The van der Waals surface area contributed by atoms with Gasteiger partial charge in [0.05, 0.1) is 4.90 Å². The normalized spacial score (nSPS) is 17.4. The van der Waals surface area contributed by atoms with Crippen LogP contribution in [0.1, 0.15) is 5.56 Å². The summed E-state index contributed by atoms with van der Waals surface area (Å²) < 4.78 is 26.2. The fraction of sp³-hybridized carbons (Fsp3) is 0.455. The summed E-state index contributed by atoms with van der Waals surface area (Å²) in [7, 11) is -5.23. The highest BCUT2D eigenvalue weighted by molar-refractivity contribution is 7.89. The van der Waals surface area contributed by atoms with E-state index in [0.717, 1.165) is 0 Å². The molecule has 0 aliphatic carbocycles. The average molecular weight is 284 g/mol. The topological polar surface area (TPSA) is 89.9 Å². The Morgan fingerprint density at radius 1 is 1.26 bits per heavy atom. The lowest BCUT2D eigenvalue weighted by Gasteiger charge is -2.26. The van der Waals surface area contributed by atoms with Gasteiger partial charge in [0.2, 0.25) is 10.0 Å². The number of nitrogens with one attached hydrogen (secondary N) is 1. The summed E-state index contributed by atoms with van der Waals surface area (Å²) in [5.41, 5.74) is 0.866. The van der Waals surface area contributed by atoms with Crippen molar-refractivity contribution in [2.24, 2.45) is 0 Å². The van der Waals surface area contributed by atoms with Crippen molar-refractivity contribution in [1.29, 1.82) is 0 Å². The largest absolute Gasteiger partial charge is 0.488 e. The van der Waals surface area contributed by atoms with Crippen LogP contribution in [-0.2, 0) is 10.0 Å². The van der Waals surface area contributed by atoms with Crippen LogP contribution in [0.2, 0.25) is 0 Å². The van der Waals surface area contributed by atoms with Gasteiger partial charge in [-0.15, -0.1) is 0 Å². The number of hydrogen-bond donors (Lipinski definition) is 3. The van der Waals surface area contributed by atoms with Crippen LogP contribution < -0.4 is 10.8 Å². The third kappa shape index (κ3) is 2.98. The van der Waals surface area contributed by atoms with Crippen molar-refractivity contribution in [3.8, 4) is 0 Å². The molecule has 1 aliphatic rings. The molecular weight excluding hydrogens is 267 g/mol. The minimum Gasteiger partial charge on any atom is -0.423 e. The van der Waals surface area contributed by atoms with Crippen molar-refractivity contribution in [3.63, 3.8) is 0 Å². The molecular formula is C11H17BN2O4S. The summed E-state index contributed by atoms with van der Waals surface area (Å²) in [6.07, 6.45) is 0. The molecule has 0 amide bonds. The highest BCUT2D eigenvalue weighted by Gasteiger charge is 2.27. The van der Waals surface area contributed by atoms with Gasteiger partial charge < -0.3 is 15.4 Å². The molecule has 8 heteroatoms. The van der Waals surface area contributed by atoms with Crippen LogP contribution in [-0.4, -0.2) is 56.1 Å². The SMILES string of the molecule is Cc1ccc(S(=O)(=O)N2CCNCC2)cc1B(O)O. The van der Waals surface area contributed by atoms with Crippen molar-refractivity contribution < 1.29 is 18.5 Å². The van der Waals surface area contributed by atoms with Gasteiger partial charge in [0.15, 0.2) is 0 Å². The molecule has 1 aromatic carbocycles. The van der Waals surface area contributed by atoms with E-state index in [1.807, 2.05) is 0 Å². The minimum atomic E-state index is -3.56. The Hall–Kier alpha value is -0.925. The van der Waals surface area contributed by atoms with Gasteiger partial charge in [-0.05, 0) is 24.5 Å². The molecule has 0 spiro atoms. The van der Waals surface area contributed by atoms with E-state index in [1.54, 1.807) is 13.0 Å². The smallest absolute Gasteiger partial charge is 0.423 e. The molecule has 104 valence electrons. The van der Waals surface area contributed by atoms with E-state index in [0.29, 0.717) is 31.7 Å². The molecule has 0 aromatic heterocycles. The average Bonchev–Trinajstić information content (AvgIpc) is 2.39. The van der Waals surface area contributed by atoms with Gasteiger partial charge >= 0.3 is 7.12 Å². The first kappa shape index (κ1) is 14.5. The molecule has 19 heavy (non-hydrogen) atoms. The fourth-order valence-electron chi connectivity index (χ4n) is 2.09. The number of nitrogens with zero attached hydrogens (tertiary/aromatic N) is 1. The molecule has 1 heterocycles. The van der Waals surface area contributed by atoms with Gasteiger partial charge in [-0.25, -0.2) is 8.42 Å². The Kier molecular flexibility index (Phi) is 4.27. The lowest BCUT2D eigenvalue weighted by Crippen LogP contribution is -2.46. The fourth-order valence-corrected chi connectivity index (χ4v) is 3.57. The van der Waals surface area contributed by atoms with Crippen LogP contribution in [0.5, 0.6) is 0 Å². The first-order chi connectivity index (χ1) is 8.93. The second-order valence-electron chi connectivity index (χ2n) is 4.55. The summed E-state index contributed by atoms with van der Waals surface area (Å²) in [4.78, 5) is 0.100. The summed E-state index contributed by atoms with van der Waals surface area (Å²) in [6, 6.07) is 4.42. The van der Waals surface area contributed by atoms with E-state index >= 15 is 0 Å². The maximum Gasteiger partial charge on any atom is 0.488 e. The van der Waals surface area contributed by atoms with Crippen LogP contribution in [0.25, 0.3) is 0 Å².